The van der Waals surface area contributed by atoms with Crippen molar-refractivity contribution in [2.45, 2.75) is 45.1 Å². The predicted molar refractivity (Wildman–Crippen MR) is 84.3 cm³/mol. The maximum atomic E-state index is 12.7. The Morgan fingerprint density at radius 1 is 1.35 bits per heavy atom. The summed E-state index contributed by atoms with van der Waals surface area (Å²) in [6.45, 7) is 2.83. The first-order valence-corrected chi connectivity index (χ1v) is 8.11. The van der Waals surface area contributed by atoms with Crippen LogP contribution in [0.3, 0.4) is 0 Å². The minimum absolute atomic E-state index is 0.128. The fourth-order valence-electron chi connectivity index (χ4n) is 2.93. The summed E-state index contributed by atoms with van der Waals surface area (Å²) in [4.78, 5) is 14.7. The van der Waals surface area contributed by atoms with E-state index in [1.807, 2.05) is 23.1 Å². The smallest absolute Gasteiger partial charge is 0.254 e. The second-order valence-corrected chi connectivity index (χ2v) is 6.09. The van der Waals surface area contributed by atoms with Crippen molar-refractivity contribution in [2.75, 3.05) is 13.7 Å². The number of benzene rings is 1. The SMILES string of the molecule is CCN(C(=O)c1ccc(OC)c(Br)c1)C1CCCCC1. The number of nitrogens with zero attached hydrogens (tertiary/aromatic N) is 1. The molecule has 1 fully saturated rings. The van der Waals surface area contributed by atoms with Crippen molar-refractivity contribution in [1.29, 1.82) is 0 Å². The van der Waals surface area contributed by atoms with E-state index in [2.05, 4.69) is 22.9 Å². The van der Waals surface area contributed by atoms with Gasteiger partial charge in [-0.3, -0.25) is 4.79 Å². The van der Waals surface area contributed by atoms with E-state index in [9.17, 15) is 4.79 Å². The molecular weight excluding hydrogens is 318 g/mol. The lowest BCUT2D eigenvalue weighted by atomic mass is 9.93. The van der Waals surface area contributed by atoms with E-state index >= 15 is 0 Å². The number of ether oxygens (including phenoxy) is 1. The lowest BCUT2D eigenvalue weighted by molar-refractivity contribution is 0.0648. The Balaban J connectivity index is 2.17. The number of carbonyl (C=O) groups excluding carboxylic acids is 1. The van der Waals surface area contributed by atoms with Crippen molar-refractivity contribution < 1.29 is 9.53 Å². The zero-order chi connectivity index (χ0) is 14.5. The third-order valence-electron chi connectivity index (χ3n) is 4.02. The van der Waals surface area contributed by atoms with Crippen LogP contribution < -0.4 is 4.74 Å². The van der Waals surface area contributed by atoms with E-state index in [1.54, 1.807) is 7.11 Å². The average molecular weight is 340 g/mol. The third kappa shape index (κ3) is 3.35. The fraction of sp³-hybridized carbons (Fsp3) is 0.562. The van der Waals surface area contributed by atoms with Gasteiger partial charge in [0.1, 0.15) is 5.75 Å². The van der Waals surface area contributed by atoms with Gasteiger partial charge < -0.3 is 9.64 Å². The summed E-state index contributed by atoms with van der Waals surface area (Å²) in [5.74, 6) is 0.880. The lowest BCUT2D eigenvalue weighted by Crippen LogP contribution is -2.41. The number of hydrogen-bond donors (Lipinski definition) is 0. The molecule has 0 N–H and O–H groups in total. The van der Waals surface area contributed by atoms with Gasteiger partial charge >= 0.3 is 0 Å². The van der Waals surface area contributed by atoms with Crippen LogP contribution >= 0.6 is 15.9 Å². The van der Waals surface area contributed by atoms with E-state index in [0.717, 1.165) is 35.2 Å². The van der Waals surface area contributed by atoms with Crippen LogP contribution in [0.1, 0.15) is 49.4 Å². The predicted octanol–water partition coefficient (Wildman–Crippen LogP) is 4.25. The Bertz CT molecular complexity index is 470. The van der Waals surface area contributed by atoms with Crippen molar-refractivity contribution in [2.24, 2.45) is 0 Å². The number of hydrogen-bond acceptors (Lipinski definition) is 2. The molecule has 0 aliphatic heterocycles. The maximum Gasteiger partial charge on any atom is 0.254 e. The molecule has 1 aliphatic carbocycles. The fourth-order valence-corrected chi connectivity index (χ4v) is 3.47. The molecule has 1 saturated carbocycles. The minimum Gasteiger partial charge on any atom is -0.496 e. The molecular formula is C16H22BrNO2. The van der Waals surface area contributed by atoms with Crippen molar-refractivity contribution in [3.63, 3.8) is 0 Å². The Hall–Kier alpha value is -1.03. The highest BCUT2D eigenvalue weighted by atomic mass is 79.9. The van der Waals surface area contributed by atoms with Gasteiger partial charge in [-0.2, -0.15) is 0 Å². The summed E-state index contributed by atoms with van der Waals surface area (Å²) >= 11 is 3.45. The van der Waals surface area contributed by atoms with Crippen molar-refractivity contribution >= 4 is 21.8 Å². The molecule has 2 rings (SSSR count). The number of halogens is 1. The molecule has 0 unspecified atom stereocenters. The standard InChI is InChI=1S/C16H22BrNO2/c1-3-18(13-7-5-4-6-8-13)16(19)12-9-10-15(20-2)14(17)11-12/h9-11,13H,3-8H2,1-2H3. The van der Waals surface area contributed by atoms with Gasteiger partial charge in [0, 0.05) is 18.2 Å². The zero-order valence-corrected chi connectivity index (χ0v) is 13.8. The van der Waals surface area contributed by atoms with Crippen LogP contribution in [-0.4, -0.2) is 30.5 Å². The monoisotopic (exact) mass is 339 g/mol. The van der Waals surface area contributed by atoms with Gasteiger partial charge in [0.15, 0.2) is 0 Å². The summed E-state index contributed by atoms with van der Waals surface area (Å²) < 4.78 is 6.04. The Kier molecular flexibility index (Phi) is 5.46. The van der Waals surface area contributed by atoms with Gasteiger partial charge in [-0.1, -0.05) is 19.3 Å². The van der Waals surface area contributed by atoms with Crippen LogP contribution in [0.5, 0.6) is 5.75 Å². The van der Waals surface area contributed by atoms with Crippen LogP contribution in [0, 0.1) is 0 Å². The summed E-state index contributed by atoms with van der Waals surface area (Å²) in [5.41, 5.74) is 0.727. The van der Waals surface area contributed by atoms with E-state index in [1.165, 1.54) is 19.3 Å². The second-order valence-electron chi connectivity index (χ2n) is 5.23. The number of methoxy groups -OCH3 is 1. The molecule has 1 aromatic rings. The van der Waals surface area contributed by atoms with Gasteiger partial charge in [0.25, 0.3) is 5.91 Å². The molecule has 1 aromatic carbocycles. The molecule has 0 radical (unpaired) electrons. The molecule has 0 aromatic heterocycles. The Labute approximate surface area is 129 Å². The van der Waals surface area contributed by atoms with E-state index in [-0.39, 0.29) is 5.91 Å². The highest BCUT2D eigenvalue weighted by Gasteiger charge is 2.25. The number of rotatable bonds is 4. The third-order valence-corrected chi connectivity index (χ3v) is 4.64. The van der Waals surface area contributed by atoms with Gasteiger partial charge in [0.2, 0.25) is 0 Å². The first-order valence-electron chi connectivity index (χ1n) is 7.32. The quantitative estimate of drug-likeness (QED) is 0.820. The zero-order valence-electron chi connectivity index (χ0n) is 12.2. The Morgan fingerprint density at radius 2 is 2.05 bits per heavy atom. The summed E-state index contributed by atoms with van der Waals surface area (Å²) in [6, 6.07) is 5.94. The molecule has 0 bridgehead atoms. The lowest BCUT2D eigenvalue weighted by Gasteiger charge is -2.33. The maximum absolute atomic E-state index is 12.7. The Morgan fingerprint density at radius 3 is 2.60 bits per heavy atom. The number of carbonyl (C=O) groups is 1. The van der Waals surface area contributed by atoms with Crippen LogP contribution in [0.2, 0.25) is 0 Å². The van der Waals surface area contributed by atoms with Crippen LogP contribution in [0.25, 0.3) is 0 Å². The van der Waals surface area contributed by atoms with Crippen molar-refractivity contribution in [1.82, 2.24) is 4.90 Å². The van der Waals surface area contributed by atoms with E-state index in [4.69, 9.17) is 4.74 Å². The first kappa shape index (κ1) is 15.4. The van der Waals surface area contributed by atoms with Crippen LogP contribution in [-0.2, 0) is 0 Å². The summed E-state index contributed by atoms with van der Waals surface area (Å²) in [6.07, 6.45) is 6.05. The van der Waals surface area contributed by atoms with E-state index in [0.29, 0.717) is 6.04 Å². The van der Waals surface area contributed by atoms with Gasteiger partial charge in [-0.15, -0.1) is 0 Å². The first-order chi connectivity index (χ1) is 9.67. The van der Waals surface area contributed by atoms with E-state index < -0.39 is 0 Å². The topological polar surface area (TPSA) is 29.5 Å². The number of amides is 1. The molecule has 1 aliphatic rings. The van der Waals surface area contributed by atoms with Crippen LogP contribution in [0.15, 0.2) is 22.7 Å². The largest absolute Gasteiger partial charge is 0.496 e. The summed E-state index contributed by atoms with van der Waals surface area (Å²) in [7, 11) is 1.63. The summed E-state index contributed by atoms with van der Waals surface area (Å²) in [5, 5.41) is 0. The molecule has 4 heteroatoms. The molecule has 0 atom stereocenters. The van der Waals surface area contributed by atoms with Gasteiger partial charge in [0.05, 0.1) is 11.6 Å². The normalized spacial score (nSPS) is 15.9. The molecule has 1 amide bonds. The molecule has 0 heterocycles. The van der Waals surface area contributed by atoms with Gasteiger partial charge in [-0.05, 0) is 53.9 Å². The molecule has 3 nitrogen and oxygen atoms in total. The molecule has 0 spiro atoms. The van der Waals surface area contributed by atoms with Crippen molar-refractivity contribution in [3.8, 4) is 5.75 Å². The second kappa shape index (κ2) is 7.11. The van der Waals surface area contributed by atoms with Gasteiger partial charge in [-0.25, -0.2) is 0 Å². The highest BCUT2D eigenvalue weighted by Crippen LogP contribution is 2.28. The average Bonchev–Trinajstić information content (AvgIpc) is 2.49. The van der Waals surface area contributed by atoms with Crippen LogP contribution in [0.4, 0.5) is 0 Å². The molecule has 20 heavy (non-hydrogen) atoms. The molecule has 0 saturated heterocycles. The molecule has 110 valence electrons. The van der Waals surface area contributed by atoms with Crippen molar-refractivity contribution in [3.05, 3.63) is 28.2 Å². The highest BCUT2D eigenvalue weighted by molar-refractivity contribution is 9.10. The minimum atomic E-state index is 0.128.